The zero-order valence-corrected chi connectivity index (χ0v) is 9.88. The normalized spacial score (nSPS) is 12.1. The Labute approximate surface area is 100 Å². The van der Waals surface area contributed by atoms with Crippen molar-refractivity contribution in [3.05, 3.63) is 17.5 Å². The summed E-state index contributed by atoms with van der Waals surface area (Å²) in [6, 6.07) is 3.79. The molecule has 1 amide bonds. The van der Waals surface area contributed by atoms with Gasteiger partial charge in [0.15, 0.2) is 6.10 Å². The summed E-state index contributed by atoms with van der Waals surface area (Å²) in [4.78, 5) is 21.5. The molecule has 1 unspecified atom stereocenters. The molecule has 0 saturated heterocycles. The van der Waals surface area contributed by atoms with Gasteiger partial charge in [-0.3, -0.25) is 4.79 Å². The minimum absolute atomic E-state index is 0.215. The Kier molecular flexibility index (Phi) is 5.30. The monoisotopic (exact) mass is 261 g/mol. The van der Waals surface area contributed by atoms with E-state index in [9.17, 15) is 9.59 Å². The number of nitrogens with one attached hydrogen (secondary N) is 1. The van der Waals surface area contributed by atoms with Crippen LogP contribution in [0.15, 0.2) is 21.7 Å². The first-order valence-corrected chi connectivity index (χ1v) is 6.30. The number of aliphatic hydroxyl groups excluding tert-OH is 1. The van der Waals surface area contributed by atoms with Crippen LogP contribution in [0.3, 0.4) is 0 Å². The third-order valence-electron chi connectivity index (χ3n) is 1.62. The highest BCUT2D eigenvalue weighted by molar-refractivity contribution is 8.01. The highest BCUT2D eigenvalue weighted by Crippen LogP contribution is 2.22. The van der Waals surface area contributed by atoms with Gasteiger partial charge in [0.1, 0.15) is 0 Å². The van der Waals surface area contributed by atoms with Gasteiger partial charge in [0, 0.05) is 0 Å². The van der Waals surface area contributed by atoms with Gasteiger partial charge in [-0.25, -0.2) is 4.79 Å². The molecule has 0 spiro atoms. The lowest BCUT2D eigenvalue weighted by atomic mass is 10.3. The van der Waals surface area contributed by atoms with Gasteiger partial charge in [0.05, 0.1) is 16.5 Å². The maximum atomic E-state index is 11.2. The summed E-state index contributed by atoms with van der Waals surface area (Å²) in [6.45, 7) is -0.265. The number of thiophene rings is 1. The van der Waals surface area contributed by atoms with Crippen molar-refractivity contribution in [2.75, 3.05) is 12.3 Å². The van der Waals surface area contributed by atoms with Crippen molar-refractivity contribution in [1.29, 1.82) is 0 Å². The number of hydrogen-bond donors (Lipinski definition) is 3. The van der Waals surface area contributed by atoms with Crippen LogP contribution in [-0.2, 0) is 9.59 Å². The first-order chi connectivity index (χ1) is 7.59. The molecule has 0 fully saturated rings. The van der Waals surface area contributed by atoms with E-state index in [0.29, 0.717) is 0 Å². The lowest BCUT2D eigenvalue weighted by molar-refractivity contribution is -0.146. The van der Waals surface area contributed by atoms with E-state index in [2.05, 4.69) is 5.32 Å². The Morgan fingerprint density at radius 2 is 2.31 bits per heavy atom. The Morgan fingerprint density at radius 1 is 1.56 bits per heavy atom. The number of rotatable bonds is 6. The van der Waals surface area contributed by atoms with Crippen molar-refractivity contribution in [3.8, 4) is 0 Å². The Hall–Kier alpha value is -1.05. The second-order valence-corrected chi connectivity index (χ2v) is 5.10. The first-order valence-electron chi connectivity index (χ1n) is 4.43. The summed E-state index contributed by atoms with van der Waals surface area (Å²) in [5.74, 6) is -1.42. The van der Waals surface area contributed by atoms with Crippen molar-refractivity contribution in [3.63, 3.8) is 0 Å². The van der Waals surface area contributed by atoms with Gasteiger partial charge in [-0.1, -0.05) is 6.07 Å². The van der Waals surface area contributed by atoms with Crippen LogP contribution in [0.5, 0.6) is 0 Å². The summed E-state index contributed by atoms with van der Waals surface area (Å²) in [7, 11) is 0. The largest absolute Gasteiger partial charge is 0.479 e. The van der Waals surface area contributed by atoms with Crippen LogP contribution in [0.1, 0.15) is 0 Å². The number of carboxylic acid groups (broad SMARTS) is 1. The molecular formula is C9H11NO4S2. The summed E-state index contributed by atoms with van der Waals surface area (Å²) in [5.41, 5.74) is 0. The first kappa shape index (κ1) is 13.0. The molecule has 1 rings (SSSR count). The molecule has 0 bridgehead atoms. The van der Waals surface area contributed by atoms with Crippen molar-refractivity contribution >= 4 is 35.0 Å². The SMILES string of the molecule is O=C(CSc1cccs1)NCC(O)C(=O)O. The molecule has 0 aromatic carbocycles. The predicted molar refractivity (Wildman–Crippen MR) is 61.7 cm³/mol. The van der Waals surface area contributed by atoms with Crippen molar-refractivity contribution < 1.29 is 19.8 Å². The number of carboxylic acids is 1. The summed E-state index contributed by atoms with van der Waals surface area (Å²) in [5, 5.41) is 21.5. The predicted octanol–water partition coefficient (Wildman–Crippen LogP) is 0.402. The molecule has 88 valence electrons. The fourth-order valence-corrected chi connectivity index (χ4v) is 2.45. The standard InChI is InChI=1S/C9H11NO4S2/c11-6(9(13)14)4-10-7(12)5-16-8-2-1-3-15-8/h1-3,6,11H,4-5H2,(H,10,12)(H,13,14). The fourth-order valence-electron chi connectivity index (χ4n) is 0.831. The third kappa shape index (κ3) is 4.65. The quantitative estimate of drug-likeness (QED) is 0.645. The van der Waals surface area contributed by atoms with Gasteiger partial charge in [-0.2, -0.15) is 0 Å². The van der Waals surface area contributed by atoms with Gasteiger partial charge in [0.2, 0.25) is 5.91 Å². The van der Waals surface area contributed by atoms with Crippen LogP contribution in [-0.4, -0.2) is 40.5 Å². The third-order valence-corrected chi connectivity index (χ3v) is 3.75. The molecule has 0 aliphatic rings. The van der Waals surface area contributed by atoms with Gasteiger partial charge in [-0.15, -0.1) is 23.1 Å². The number of aliphatic carboxylic acids is 1. The highest BCUT2D eigenvalue weighted by Gasteiger charge is 2.13. The van der Waals surface area contributed by atoms with Crippen LogP contribution in [0.25, 0.3) is 0 Å². The number of aliphatic hydroxyl groups is 1. The molecule has 5 nitrogen and oxygen atoms in total. The van der Waals surface area contributed by atoms with Crippen molar-refractivity contribution in [2.45, 2.75) is 10.3 Å². The van der Waals surface area contributed by atoms with E-state index in [1.165, 1.54) is 23.1 Å². The molecular weight excluding hydrogens is 250 g/mol. The van der Waals surface area contributed by atoms with Crippen LogP contribution in [0.2, 0.25) is 0 Å². The average Bonchev–Trinajstić information content (AvgIpc) is 2.75. The minimum Gasteiger partial charge on any atom is -0.479 e. The van der Waals surface area contributed by atoms with Crippen LogP contribution < -0.4 is 5.32 Å². The summed E-state index contributed by atoms with van der Waals surface area (Å²) < 4.78 is 1.02. The number of carbonyl (C=O) groups is 2. The van der Waals surface area contributed by atoms with Crippen LogP contribution in [0, 0.1) is 0 Å². The summed E-state index contributed by atoms with van der Waals surface area (Å²) in [6.07, 6.45) is -1.55. The second-order valence-electron chi connectivity index (χ2n) is 2.88. The van der Waals surface area contributed by atoms with E-state index < -0.39 is 12.1 Å². The van der Waals surface area contributed by atoms with Crippen LogP contribution >= 0.6 is 23.1 Å². The zero-order chi connectivity index (χ0) is 12.0. The van der Waals surface area contributed by atoms with Gasteiger partial charge in [-0.05, 0) is 11.4 Å². The number of carbonyl (C=O) groups excluding carboxylic acids is 1. The van der Waals surface area contributed by atoms with Crippen molar-refractivity contribution in [2.24, 2.45) is 0 Å². The van der Waals surface area contributed by atoms with E-state index in [0.717, 1.165) is 4.21 Å². The number of amides is 1. The topological polar surface area (TPSA) is 86.6 Å². The molecule has 7 heteroatoms. The van der Waals surface area contributed by atoms with E-state index in [-0.39, 0.29) is 18.2 Å². The summed E-state index contributed by atoms with van der Waals surface area (Å²) >= 11 is 2.91. The lowest BCUT2D eigenvalue weighted by Gasteiger charge is -2.06. The zero-order valence-electron chi connectivity index (χ0n) is 8.25. The van der Waals surface area contributed by atoms with E-state index in [1.54, 1.807) is 0 Å². The molecule has 1 heterocycles. The maximum Gasteiger partial charge on any atom is 0.334 e. The van der Waals surface area contributed by atoms with Crippen LogP contribution in [0.4, 0.5) is 0 Å². The van der Waals surface area contributed by atoms with E-state index in [4.69, 9.17) is 10.2 Å². The van der Waals surface area contributed by atoms with Gasteiger partial charge < -0.3 is 15.5 Å². The average molecular weight is 261 g/mol. The molecule has 1 atom stereocenters. The number of hydrogen-bond acceptors (Lipinski definition) is 5. The molecule has 1 aromatic heterocycles. The van der Waals surface area contributed by atoms with Crippen molar-refractivity contribution in [1.82, 2.24) is 5.32 Å². The molecule has 1 aromatic rings. The number of thioether (sulfide) groups is 1. The molecule has 0 radical (unpaired) electrons. The second kappa shape index (κ2) is 6.51. The van der Waals surface area contributed by atoms with Gasteiger partial charge in [0.25, 0.3) is 0 Å². The molecule has 0 saturated carbocycles. The Balaban J connectivity index is 2.19. The molecule has 3 N–H and O–H groups in total. The Bertz CT molecular complexity index is 352. The van der Waals surface area contributed by atoms with E-state index >= 15 is 0 Å². The fraction of sp³-hybridized carbons (Fsp3) is 0.333. The molecule has 0 aliphatic carbocycles. The highest BCUT2D eigenvalue weighted by atomic mass is 32.2. The molecule has 0 aliphatic heterocycles. The Morgan fingerprint density at radius 3 is 2.88 bits per heavy atom. The lowest BCUT2D eigenvalue weighted by Crippen LogP contribution is -2.37. The van der Waals surface area contributed by atoms with E-state index in [1.807, 2.05) is 17.5 Å². The molecule has 16 heavy (non-hydrogen) atoms. The van der Waals surface area contributed by atoms with Gasteiger partial charge >= 0.3 is 5.97 Å². The maximum absolute atomic E-state index is 11.2. The minimum atomic E-state index is -1.55. The smallest absolute Gasteiger partial charge is 0.334 e.